The van der Waals surface area contributed by atoms with Crippen LogP contribution < -0.4 is 22.4 Å². The first-order chi connectivity index (χ1) is 16.5. The number of nitrogens with one attached hydrogen (secondary N) is 2. The summed E-state index contributed by atoms with van der Waals surface area (Å²) in [5, 5.41) is 10.4. The van der Waals surface area contributed by atoms with E-state index in [1.807, 2.05) is 64.1 Å². The van der Waals surface area contributed by atoms with Gasteiger partial charge in [0.25, 0.3) is 5.91 Å². The van der Waals surface area contributed by atoms with Gasteiger partial charge in [-0.05, 0) is 30.2 Å². The van der Waals surface area contributed by atoms with Crippen LogP contribution in [0.15, 0.2) is 36.4 Å². The van der Waals surface area contributed by atoms with Gasteiger partial charge in [0, 0.05) is 6.54 Å². The molecule has 0 bridgehead atoms. The summed E-state index contributed by atoms with van der Waals surface area (Å²) in [4.78, 5) is 50.0. The average molecular weight is 490 g/mol. The topological polar surface area (TPSA) is 168 Å². The van der Waals surface area contributed by atoms with E-state index in [0.717, 1.165) is 10.6 Å². The van der Waals surface area contributed by atoms with Gasteiger partial charge in [0.1, 0.15) is 0 Å². The van der Waals surface area contributed by atoms with Crippen LogP contribution in [0.2, 0.25) is 0 Å². The van der Waals surface area contributed by atoms with Gasteiger partial charge >= 0.3 is 0 Å². The smallest absolute Gasteiger partial charge is 0.258 e. The van der Waals surface area contributed by atoms with Gasteiger partial charge < -0.3 is 11.5 Å². The predicted octanol–water partition coefficient (Wildman–Crippen LogP) is 1.59. The second kappa shape index (κ2) is 14.9. The third-order valence-corrected chi connectivity index (χ3v) is 5.29. The van der Waals surface area contributed by atoms with Crippen molar-refractivity contribution in [1.82, 2.24) is 15.9 Å². The van der Waals surface area contributed by atoms with Gasteiger partial charge in [0.15, 0.2) is 0 Å². The van der Waals surface area contributed by atoms with Gasteiger partial charge in [-0.1, -0.05) is 70.2 Å². The minimum Gasteiger partial charge on any atom is -0.370 e. The zero-order valence-electron chi connectivity index (χ0n) is 20.9. The number of primary amides is 1. The Morgan fingerprint density at radius 3 is 2.14 bits per heavy atom. The van der Waals surface area contributed by atoms with Crippen LogP contribution in [0.1, 0.15) is 52.5 Å². The highest BCUT2D eigenvalue weighted by Crippen LogP contribution is 2.25. The van der Waals surface area contributed by atoms with Crippen molar-refractivity contribution in [3.05, 3.63) is 42.0 Å². The molecular formula is C25H39N5O5. The van der Waals surface area contributed by atoms with Gasteiger partial charge in [-0.25, -0.2) is 5.48 Å². The van der Waals surface area contributed by atoms with E-state index in [0.29, 0.717) is 6.42 Å². The standard InChI is InChI=1S/C25H39N5O5/c1-16(2)13-20(19(24(33)29-35)12-8-11-18-9-6-5-7-10-18)23(32)28-30(15-17(3)4)25(34)21(26)14-22(27)31/h5-11,16-17,19-21,35H,12-15,26H2,1-4H3,(H2,27,31)(H,28,32)(H,29,33)/b11-8+/t19-,20+,21-/m0/s1. The van der Waals surface area contributed by atoms with Gasteiger partial charge in [0.2, 0.25) is 17.7 Å². The number of amides is 4. The van der Waals surface area contributed by atoms with Gasteiger partial charge in [0.05, 0.1) is 24.3 Å². The maximum Gasteiger partial charge on any atom is 0.258 e. The second-order valence-electron chi connectivity index (χ2n) is 9.46. The summed E-state index contributed by atoms with van der Waals surface area (Å²) in [6.45, 7) is 7.68. The molecule has 1 rings (SSSR count). The molecule has 0 unspecified atom stereocenters. The zero-order valence-corrected chi connectivity index (χ0v) is 20.9. The van der Waals surface area contributed by atoms with Crippen LogP contribution in [0, 0.1) is 23.7 Å². The SMILES string of the molecule is CC(C)C[C@@H](C(=O)NN(CC(C)C)C(=O)[C@@H](N)CC(N)=O)[C@H](C/C=C/c1ccccc1)C(=O)NO. The molecule has 0 saturated carbocycles. The van der Waals surface area contributed by atoms with E-state index < -0.39 is 41.5 Å². The highest BCUT2D eigenvalue weighted by Gasteiger charge is 2.35. The Kier molecular flexibility index (Phi) is 12.7. The minimum absolute atomic E-state index is 0.0195. The fourth-order valence-corrected chi connectivity index (χ4v) is 3.69. The van der Waals surface area contributed by atoms with Crippen molar-refractivity contribution in [2.75, 3.05) is 6.54 Å². The Bertz CT molecular complexity index is 872. The Morgan fingerprint density at radius 2 is 1.63 bits per heavy atom. The van der Waals surface area contributed by atoms with Crippen molar-refractivity contribution < 1.29 is 24.4 Å². The Balaban J connectivity index is 3.18. The molecule has 0 aliphatic rings. The lowest BCUT2D eigenvalue weighted by Crippen LogP contribution is -2.56. The monoisotopic (exact) mass is 489 g/mol. The quantitative estimate of drug-likeness (QED) is 0.208. The average Bonchev–Trinajstić information content (AvgIpc) is 2.79. The molecule has 1 aromatic carbocycles. The molecule has 0 aliphatic carbocycles. The summed E-state index contributed by atoms with van der Waals surface area (Å²) in [7, 11) is 0. The maximum atomic E-state index is 13.4. The molecule has 0 aliphatic heterocycles. The molecule has 4 amide bonds. The first-order valence-corrected chi connectivity index (χ1v) is 11.8. The largest absolute Gasteiger partial charge is 0.370 e. The molecule has 35 heavy (non-hydrogen) atoms. The Labute approximate surface area is 207 Å². The molecule has 10 heteroatoms. The lowest BCUT2D eigenvalue weighted by molar-refractivity contribution is -0.148. The molecule has 0 heterocycles. The zero-order chi connectivity index (χ0) is 26.5. The molecule has 3 atom stereocenters. The highest BCUT2D eigenvalue weighted by atomic mass is 16.5. The second-order valence-corrected chi connectivity index (χ2v) is 9.46. The molecular weight excluding hydrogens is 450 g/mol. The van der Waals surface area contributed by atoms with E-state index >= 15 is 0 Å². The van der Waals surface area contributed by atoms with Gasteiger partial charge in [-0.15, -0.1) is 0 Å². The lowest BCUT2D eigenvalue weighted by Gasteiger charge is -2.31. The number of allylic oxidation sites excluding steroid dienone is 1. The summed E-state index contributed by atoms with van der Waals surface area (Å²) in [6.07, 6.45) is 3.76. The number of hydrogen-bond donors (Lipinski definition) is 5. The molecule has 0 aromatic heterocycles. The Morgan fingerprint density at radius 1 is 1.00 bits per heavy atom. The number of nitrogens with zero attached hydrogens (tertiary/aromatic N) is 1. The molecule has 1 aromatic rings. The number of nitrogens with two attached hydrogens (primary N) is 2. The third-order valence-electron chi connectivity index (χ3n) is 5.29. The number of hydrazine groups is 1. The van der Waals surface area contributed by atoms with Crippen molar-refractivity contribution >= 4 is 29.7 Å². The van der Waals surface area contributed by atoms with Crippen molar-refractivity contribution in [3.63, 3.8) is 0 Å². The molecule has 7 N–H and O–H groups in total. The van der Waals surface area contributed by atoms with E-state index in [4.69, 9.17) is 11.5 Å². The van der Waals surface area contributed by atoms with Gasteiger partial charge in [-0.3, -0.25) is 34.8 Å². The number of carbonyl (C=O) groups is 4. The summed E-state index contributed by atoms with van der Waals surface area (Å²) in [5.41, 5.74) is 16.2. The van der Waals surface area contributed by atoms with Crippen molar-refractivity contribution in [3.8, 4) is 0 Å². The molecule has 194 valence electrons. The maximum absolute atomic E-state index is 13.4. The lowest BCUT2D eigenvalue weighted by atomic mass is 9.82. The van der Waals surface area contributed by atoms with Crippen molar-refractivity contribution in [2.24, 2.45) is 35.1 Å². The van der Waals surface area contributed by atoms with E-state index in [-0.39, 0.29) is 31.2 Å². The van der Waals surface area contributed by atoms with E-state index in [1.165, 1.54) is 0 Å². The highest BCUT2D eigenvalue weighted by molar-refractivity contribution is 5.91. The molecule has 0 fully saturated rings. The number of benzene rings is 1. The van der Waals surface area contributed by atoms with Crippen LogP contribution in [0.4, 0.5) is 0 Å². The number of hydroxylamine groups is 1. The molecule has 0 saturated heterocycles. The fourth-order valence-electron chi connectivity index (χ4n) is 3.69. The van der Waals surface area contributed by atoms with Crippen LogP contribution in [0.3, 0.4) is 0 Å². The summed E-state index contributed by atoms with van der Waals surface area (Å²) in [6, 6.07) is 8.26. The summed E-state index contributed by atoms with van der Waals surface area (Å²) in [5.74, 6) is -4.35. The Hall–Kier alpha value is -3.24. The van der Waals surface area contributed by atoms with E-state index in [1.54, 1.807) is 11.6 Å². The predicted molar refractivity (Wildman–Crippen MR) is 133 cm³/mol. The van der Waals surface area contributed by atoms with Crippen molar-refractivity contribution in [2.45, 2.75) is 53.0 Å². The normalized spacial score (nSPS) is 13.9. The molecule has 0 spiro atoms. The third kappa shape index (κ3) is 10.7. The van der Waals surface area contributed by atoms with Crippen LogP contribution in [-0.2, 0) is 19.2 Å². The van der Waals surface area contributed by atoms with Crippen LogP contribution in [0.5, 0.6) is 0 Å². The summed E-state index contributed by atoms with van der Waals surface area (Å²) >= 11 is 0. The first-order valence-electron chi connectivity index (χ1n) is 11.8. The van der Waals surface area contributed by atoms with Gasteiger partial charge in [-0.2, -0.15) is 0 Å². The molecule has 0 radical (unpaired) electrons. The fraction of sp³-hybridized carbons (Fsp3) is 0.520. The van der Waals surface area contributed by atoms with E-state index in [9.17, 15) is 24.4 Å². The number of rotatable bonds is 13. The van der Waals surface area contributed by atoms with Crippen LogP contribution in [0.25, 0.3) is 6.08 Å². The number of carbonyl (C=O) groups excluding carboxylic acids is 4. The van der Waals surface area contributed by atoms with Crippen LogP contribution in [-0.4, -0.2) is 46.4 Å². The van der Waals surface area contributed by atoms with E-state index in [2.05, 4.69) is 5.43 Å². The first kappa shape index (κ1) is 29.8. The molecule has 10 nitrogen and oxygen atoms in total. The van der Waals surface area contributed by atoms with Crippen LogP contribution >= 0.6 is 0 Å². The minimum atomic E-state index is -1.21. The van der Waals surface area contributed by atoms with Crippen molar-refractivity contribution in [1.29, 1.82) is 0 Å². The summed E-state index contributed by atoms with van der Waals surface area (Å²) < 4.78 is 0. The number of hydrogen-bond acceptors (Lipinski definition) is 6.